The first-order chi connectivity index (χ1) is 9.43. The van der Waals surface area contributed by atoms with Crippen LogP contribution in [-0.4, -0.2) is 83.5 Å². The van der Waals surface area contributed by atoms with Crippen molar-refractivity contribution in [2.45, 2.75) is 0 Å². The molecule has 0 saturated heterocycles. The number of ether oxygens (including phenoxy) is 1. The quantitative estimate of drug-likeness (QED) is 0.188. The third kappa shape index (κ3) is 5.53. The second-order valence-corrected chi connectivity index (χ2v) is 4.78. The molecule has 10 nitrogen and oxygen atoms in total. The molecule has 0 unspecified atom stereocenters. The lowest BCUT2D eigenvalue weighted by molar-refractivity contribution is -0.761. The molecule has 0 atom stereocenters. The van der Waals surface area contributed by atoms with Gasteiger partial charge in [-0.15, -0.1) is 10.1 Å². The van der Waals surface area contributed by atoms with Crippen molar-refractivity contribution in [1.29, 1.82) is 0 Å². The van der Waals surface area contributed by atoms with Crippen LogP contribution in [-0.2, 0) is 9.57 Å². The van der Waals surface area contributed by atoms with Crippen LogP contribution in [0.4, 0.5) is 0 Å². The monoisotopic (exact) mass is 299 g/mol. The summed E-state index contributed by atoms with van der Waals surface area (Å²) in [7, 11) is 0. The number of aliphatic hydroxyl groups excluding tert-OH is 5. The zero-order chi connectivity index (χ0) is 15.6. The molecule has 0 heterocycles. The maximum atomic E-state index is 10.1. The van der Waals surface area contributed by atoms with Crippen molar-refractivity contribution < 1.29 is 40.2 Å². The molecule has 120 valence electrons. The van der Waals surface area contributed by atoms with Gasteiger partial charge in [-0.3, -0.25) is 0 Å². The van der Waals surface area contributed by atoms with Crippen LogP contribution in [0.5, 0.6) is 0 Å². The van der Waals surface area contributed by atoms with E-state index in [0.29, 0.717) is 0 Å². The normalized spacial score (nSPS) is 12.4. The van der Waals surface area contributed by atoms with Gasteiger partial charge in [0.2, 0.25) is 0 Å². The van der Waals surface area contributed by atoms with Gasteiger partial charge in [-0.05, 0) is 0 Å². The average molecular weight is 299 g/mol. The van der Waals surface area contributed by atoms with Crippen molar-refractivity contribution in [2.24, 2.45) is 10.8 Å². The Morgan fingerprint density at radius 2 is 1.20 bits per heavy atom. The molecule has 0 aliphatic heterocycles. The Bertz CT molecular complexity index is 270. The predicted molar refractivity (Wildman–Crippen MR) is 64.1 cm³/mol. The first-order valence-corrected chi connectivity index (χ1v) is 5.82. The van der Waals surface area contributed by atoms with Gasteiger partial charge in [0, 0.05) is 0 Å². The topological polar surface area (TPSA) is 163 Å². The van der Waals surface area contributed by atoms with Crippen molar-refractivity contribution in [1.82, 2.24) is 0 Å². The lowest BCUT2D eigenvalue weighted by atomic mass is 9.91. The molecule has 10 heteroatoms. The van der Waals surface area contributed by atoms with Crippen LogP contribution in [0.2, 0.25) is 0 Å². The number of hydrogen-bond acceptors (Lipinski definition) is 9. The van der Waals surface area contributed by atoms with Crippen molar-refractivity contribution >= 4 is 0 Å². The van der Waals surface area contributed by atoms with E-state index in [4.69, 9.17) is 20.1 Å². The summed E-state index contributed by atoms with van der Waals surface area (Å²) in [5, 5.41) is 54.7. The van der Waals surface area contributed by atoms with Crippen LogP contribution >= 0.6 is 0 Å². The van der Waals surface area contributed by atoms with Gasteiger partial charge in [0.1, 0.15) is 6.61 Å². The van der Waals surface area contributed by atoms with Crippen LogP contribution in [0.25, 0.3) is 0 Å². The fourth-order valence-corrected chi connectivity index (χ4v) is 1.23. The molecule has 0 rings (SSSR count). The summed E-state index contributed by atoms with van der Waals surface area (Å²) in [5.41, 5.74) is -2.65. The molecule has 0 aromatic rings. The first-order valence-electron chi connectivity index (χ1n) is 5.82. The highest BCUT2D eigenvalue weighted by Gasteiger charge is 2.34. The van der Waals surface area contributed by atoms with Crippen LogP contribution < -0.4 is 0 Å². The molecule has 0 amide bonds. The molecule has 0 aromatic carbocycles. The van der Waals surface area contributed by atoms with E-state index >= 15 is 0 Å². The number of rotatable bonds is 12. The first kappa shape index (κ1) is 19.0. The van der Waals surface area contributed by atoms with E-state index in [-0.39, 0.29) is 13.2 Å². The van der Waals surface area contributed by atoms with Crippen LogP contribution in [0.3, 0.4) is 0 Å². The van der Waals surface area contributed by atoms with Crippen LogP contribution in [0, 0.1) is 20.9 Å². The summed E-state index contributed by atoms with van der Waals surface area (Å²) >= 11 is 0. The van der Waals surface area contributed by atoms with E-state index in [2.05, 4.69) is 4.84 Å². The van der Waals surface area contributed by atoms with Crippen molar-refractivity contribution in [3.8, 4) is 0 Å². The molecular formula is C10H21NO9. The van der Waals surface area contributed by atoms with E-state index in [0.717, 1.165) is 0 Å². The summed E-state index contributed by atoms with van der Waals surface area (Å²) in [5.74, 6) is 0. The highest BCUT2D eigenvalue weighted by Crippen LogP contribution is 2.20. The molecule has 0 fully saturated rings. The third-order valence-electron chi connectivity index (χ3n) is 2.97. The zero-order valence-corrected chi connectivity index (χ0v) is 11.0. The Morgan fingerprint density at radius 1 is 0.800 bits per heavy atom. The van der Waals surface area contributed by atoms with Gasteiger partial charge in [0.25, 0.3) is 5.09 Å². The molecule has 0 bridgehead atoms. The highest BCUT2D eigenvalue weighted by atomic mass is 16.9. The van der Waals surface area contributed by atoms with Crippen molar-refractivity contribution in [3.63, 3.8) is 0 Å². The minimum Gasteiger partial charge on any atom is -0.396 e. The molecule has 20 heavy (non-hydrogen) atoms. The lowest BCUT2D eigenvalue weighted by Crippen LogP contribution is -2.44. The lowest BCUT2D eigenvalue weighted by Gasteiger charge is -2.32. The van der Waals surface area contributed by atoms with Crippen molar-refractivity contribution in [2.75, 3.05) is 52.9 Å². The summed E-state index contributed by atoms with van der Waals surface area (Å²) in [6.45, 7) is -3.98. The summed E-state index contributed by atoms with van der Waals surface area (Å²) in [6.07, 6.45) is 0. The Hall–Kier alpha value is -1.04. The molecule has 0 radical (unpaired) electrons. The maximum absolute atomic E-state index is 10.1. The minimum atomic E-state index is -1.39. The minimum absolute atomic E-state index is 0.253. The summed E-state index contributed by atoms with van der Waals surface area (Å²) < 4.78 is 5.15. The fourth-order valence-electron chi connectivity index (χ4n) is 1.23. The molecular weight excluding hydrogens is 278 g/mol. The van der Waals surface area contributed by atoms with Gasteiger partial charge < -0.3 is 35.1 Å². The van der Waals surface area contributed by atoms with Gasteiger partial charge in [-0.2, -0.15) is 0 Å². The second-order valence-electron chi connectivity index (χ2n) is 4.78. The largest absolute Gasteiger partial charge is 0.396 e. The second kappa shape index (κ2) is 9.00. The SMILES string of the molecule is O=[N+]([O-])OCC(CO)(CO)COCC(CO)(CO)CO. The Morgan fingerprint density at radius 3 is 1.55 bits per heavy atom. The Balaban J connectivity index is 4.50. The standard InChI is InChI=1S/C10H21NO9/c12-1-9(2-13,3-14)6-19-7-10(4-15,5-16)8-20-11(17)18/h12-16H,1-8H2. The third-order valence-corrected chi connectivity index (χ3v) is 2.97. The Kier molecular flexibility index (Phi) is 8.53. The number of nitrogens with zero attached hydrogens (tertiary/aromatic N) is 1. The highest BCUT2D eigenvalue weighted by molar-refractivity contribution is 4.80. The van der Waals surface area contributed by atoms with E-state index in [9.17, 15) is 20.3 Å². The molecule has 0 aliphatic carbocycles. The molecule has 0 aliphatic rings. The molecule has 0 spiro atoms. The van der Waals surface area contributed by atoms with Gasteiger partial charge >= 0.3 is 0 Å². The smallest absolute Gasteiger partial charge is 0.294 e. The summed E-state index contributed by atoms with van der Waals surface area (Å²) in [6, 6.07) is 0. The molecule has 0 aromatic heterocycles. The number of hydrogen-bond donors (Lipinski definition) is 5. The van der Waals surface area contributed by atoms with Crippen LogP contribution in [0.1, 0.15) is 0 Å². The van der Waals surface area contributed by atoms with Gasteiger partial charge in [-0.1, -0.05) is 0 Å². The average Bonchev–Trinajstić information content (AvgIpc) is 2.48. The van der Waals surface area contributed by atoms with Gasteiger partial charge in [0.05, 0.1) is 57.1 Å². The maximum Gasteiger partial charge on any atom is 0.294 e. The van der Waals surface area contributed by atoms with E-state index < -0.39 is 55.6 Å². The number of aliphatic hydroxyl groups is 5. The molecule has 5 N–H and O–H groups in total. The van der Waals surface area contributed by atoms with E-state index in [1.807, 2.05) is 0 Å². The zero-order valence-electron chi connectivity index (χ0n) is 11.0. The molecule has 0 saturated carbocycles. The fraction of sp³-hybridized carbons (Fsp3) is 1.00. The van der Waals surface area contributed by atoms with Crippen LogP contribution in [0.15, 0.2) is 0 Å². The summed E-state index contributed by atoms with van der Waals surface area (Å²) in [4.78, 5) is 14.3. The van der Waals surface area contributed by atoms with Gasteiger partial charge in [0.15, 0.2) is 0 Å². The Labute approximate surface area is 115 Å². The van der Waals surface area contributed by atoms with Gasteiger partial charge in [-0.25, -0.2) is 0 Å². The van der Waals surface area contributed by atoms with Crippen molar-refractivity contribution in [3.05, 3.63) is 10.1 Å². The van der Waals surface area contributed by atoms with E-state index in [1.54, 1.807) is 0 Å². The predicted octanol–water partition coefficient (Wildman–Crippen LogP) is -2.85. The van der Waals surface area contributed by atoms with E-state index in [1.165, 1.54) is 0 Å².